The molecule has 6 nitrogen and oxygen atoms in total. The van der Waals surface area contributed by atoms with E-state index in [9.17, 15) is 9.59 Å². The Morgan fingerprint density at radius 2 is 1.77 bits per heavy atom. The van der Waals surface area contributed by atoms with Crippen LogP contribution >= 0.6 is 15.9 Å². The highest BCUT2D eigenvalue weighted by Gasteiger charge is 2.57. The second-order valence-electron chi connectivity index (χ2n) is 7.09. The molecular formula is C23H18BrN3O3. The molecule has 30 heavy (non-hydrogen) atoms. The van der Waals surface area contributed by atoms with Gasteiger partial charge in [0.05, 0.1) is 12.2 Å². The minimum Gasteiger partial charge on any atom is -0.494 e. The van der Waals surface area contributed by atoms with Gasteiger partial charge in [0.2, 0.25) is 5.66 Å². The third-order valence-electron chi connectivity index (χ3n) is 5.37. The van der Waals surface area contributed by atoms with Crippen LogP contribution in [0.4, 0.5) is 17.1 Å². The second kappa shape index (κ2) is 6.88. The first kappa shape index (κ1) is 18.7. The van der Waals surface area contributed by atoms with Crippen LogP contribution in [0.1, 0.15) is 22.8 Å². The van der Waals surface area contributed by atoms with E-state index in [4.69, 9.17) is 4.74 Å². The van der Waals surface area contributed by atoms with Crippen molar-refractivity contribution >= 4 is 44.8 Å². The van der Waals surface area contributed by atoms with Crippen LogP contribution < -0.4 is 20.3 Å². The summed E-state index contributed by atoms with van der Waals surface area (Å²) in [4.78, 5) is 28.6. The molecule has 3 aromatic carbocycles. The molecule has 0 aliphatic carbocycles. The smallest absolute Gasteiger partial charge is 0.276 e. The van der Waals surface area contributed by atoms with Gasteiger partial charge in [-0.2, -0.15) is 0 Å². The summed E-state index contributed by atoms with van der Waals surface area (Å²) in [6.07, 6.45) is 0. The number of fused-ring (bicyclic) bond motifs is 3. The topological polar surface area (TPSA) is 70.7 Å². The maximum atomic E-state index is 13.7. The largest absolute Gasteiger partial charge is 0.494 e. The van der Waals surface area contributed by atoms with Crippen LogP contribution in [-0.4, -0.2) is 18.4 Å². The van der Waals surface area contributed by atoms with Gasteiger partial charge in [0, 0.05) is 27.1 Å². The molecule has 7 heteroatoms. The van der Waals surface area contributed by atoms with E-state index in [1.165, 1.54) is 4.90 Å². The number of rotatable bonds is 3. The Morgan fingerprint density at radius 1 is 1.00 bits per heavy atom. The Bertz CT molecular complexity index is 1180. The molecule has 1 unspecified atom stereocenters. The lowest BCUT2D eigenvalue weighted by atomic mass is 9.92. The monoisotopic (exact) mass is 463 g/mol. The van der Waals surface area contributed by atoms with Gasteiger partial charge in [-0.3, -0.25) is 14.5 Å². The molecule has 5 rings (SSSR count). The van der Waals surface area contributed by atoms with E-state index in [-0.39, 0.29) is 11.8 Å². The molecular weight excluding hydrogens is 446 g/mol. The number of anilines is 3. The molecule has 2 N–H and O–H groups in total. The Kier molecular flexibility index (Phi) is 4.29. The molecule has 150 valence electrons. The van der Waals surface area contributed by atoms with E-state index in [0.717, 1.165) is 4.47 Å². The number of carbonyl (C=O) groups is 2. The third kappa shape index (κ3) is 2.62. The van der Waals surface area contributed by atoms with Crippen molar-refractivity contribution in [3.8, 4) is 5.75 Å². The van der Waals surface area contributed by atoms with Crippen molar-refractivity contribution < 1.29 is 14.3 Å². The van der Waals surface area contributed by atoms with Crippen molar-refractivity contribution in [2.45, 2.75) is 12.6 Å². The van der Waals surface area contributed by atoms with Gasteiger partial charge in [-0.05, 0) is 61.5 Å². The lowest BCUT2D eigenvalue weighted by Gasteiger charge is -2.44. The highest BCUT2D eigenvalue weighted by molar-refractivity contribution is 9.10. The van der Waals surface area contributed by atoms with Gasteiger partial charge in [0.25, 0.3) is 11.8 Å². The highest BCUT2D eigenvalue weighted by atomic mass is 79.9. The number of nitrogens with one attached hydrogen (secondary N) is 2. The van der Waals surface area contributed by atoms with Crippen molar-refractivity contribution in [3.63, 3.8) is 0 Å². The van der Waals surface area contributed by atoms with E-state index >= 15 is 0 Å². The molecule has 2 heterocycles. The molecule has 0 radical (unpaired) electrons. The number of ether oxygens (including phenoxy) is 1. The first-order valence-corrected chi connectivity index (χ1v) is 10.4. The van der Waals surface area contributed by atoms with Crippen molar-refractivity contribution in [3.05, 3.63) is 82.3 Å². The van der Waals surface area contributed by atoms with Crippen molar-refractivity contribution in [1.29, 1.82) is 0 Å². The lowest BCUT2D eigenvalue weighted by Crippen LogP contribution is -2.61. The molecule has 2 aliphatic rings. The fraction of sp³-hybridized carbons (Fsp3) is 0.130. The standard InChI is InChI=1S/C23H18BrN3O3/c1-2-30-16-10-8-15(9-11-16)27-21(28)17-5-3-4-6-19(17)26-23(27)18-13-14(24)7-12-20(18)25-22(23)29/h3-13,26H,2H2,1H3,(H,25,29). The van der Waals surface area contributed by atoms with Crippen LogP contribution in [0, 0.1) is 0 Å². The second-order valence-corrected chi connectivity index (χ2v) is 8.01. The van der Waals surface area contributed by atoms with Crippen LogP contribution in [0.15, 0.2) is 71.2 Å². The summed E-state index contributed by atoms with van der Waals surface area (Å²) in [6, 6.07) is 20.0. The van der Waals surface area contributed by atoms with Crippen LogP contribution in [-0.2, 0) is 10.5 Å². The predicted octanol–water partition coefficient (Wildman–Crippen LogP) is 4.73. The van der Waals surface area contributed by atoms with E-state index in [1.54, 1.807) is 30.3 Å². The maximum absolute atomic E-state index is 13.7. The Balaban J connectivity index is 1.75. The normalized spacial score (nSPS) is 19.2. The minimum atomic E-state index is -1.41. The summed E-state index contributed by atoms with van der Waals surface area (Å²) in [6.45, 7) is 2.46. The van der Waals surface area contributed by atoms with Gasteiger partial charge < -0.3 is 15.4 Å². The molecule has 0 aromatic heterocycles. The molecule has 0 saturated heterocycles. The van der Waals surface area contributed by atoms with Crippen molar-refractivity contribution in [2.75, 3.05) is 22.1 Å². The first-order valence-electron chi connectivity index (χ1n) is 9.60. The molecule has 0 bridgehead atoms. The summed E-state index contributed by atoms with van der Waals surface area (Å²) in [7, 11) is 0. The van der Waals surface area contributed by atoms with Crippen LogP contribution in [0.5, 0.6) is 5.75 Å². The van der Waals surface area contributed by atoms with Gasteiger partial charge in [0.15, 0.2) is 0 Å². The van der Waals surface area contributed by atoms with E-state index in [0.29, 0.717) is 40.5 Å². The minimum absolute atomic E-state index is 0.253. The molecule has 3 aromatic rings. The lowest BCUT2D eigenvalue weighted by molar-refractivity contribution is -0.119. The van der Waals surface area contributed by atoms with Gasteiger partial charge in [0.1, 0.15) is 5.75 Å². The average Bonchev–Trinajstić information content (AvgIpc) is 3.01. The summed E-state index contributed by atoms with van der Waals surface area (Å²) in [5.41, 5.74) is 1.66. The molecule has 1 spiro atoms. The Hall–Kier alpha value is -3.32. The molecule has 2 aliphatic heterocycles. The molecule has 0 saturated carbocycles. The van der Waals surface area contributed by atoms with Crippen LogP contribution in [0.2, 0.25) is 0 Å². The maximum Gasteiger partial charge on any atom is 0.276 e. The fourth-order valence-electron chi connectivity index (χ4n) is 4.08. The number of para-hydroxylation sites is 1. The quantitative estimate of drug-likeness (QED) is 0.589. The van der Waals surface area contributed by atoms with Gasteiger partial charge >= 0.3 is 0 Å². The Labute approximate surface area is 182 Å². The summed E-state index contributed by atoms with van der Waals surface area (Å²) < 4.78 is 6.35. The Morgan fingerprint density at radius 3 is 2.53 bits per heavy atom. The van der Waals surface area contributed by atoms with Crippen molar-refractivity contribution in [2.24, 2.45) is 0 Å². The summed E-state index contributed by atoms with van der Waals surface area (Å²) in [5.74, 6) is 0.135. The molecule has 0 fully saturated rings. The van der Waals surface area contributed by atoms with E-state index in [1.807, 2.05) is 43.3 Å². The van der Waals surface area contributed by atoms with Gasteiger partial charge in [-0.1, -0.05) is 28.1 Å². The number of carbonyl (C=O) groups excluding carboxylic acids is 2. The van der Waals surface area contributed by atoms with E-state index < -0.39 is 5.66 Å². The first-order chi connectivity index (χ1) is 14.5. The molecule has 2 amide bonds. The SMILES string of the molecule is CCOc1ccc(N2C(=O)c3ccccc3NC23C(=O)Nc2ccc(Br)cc23)cc1. The van der Waals surface area contributed by atoms with Gasteiger partial charge in [-0.15, -0.1) is 0 Å². The third-order valence-corrected chi connectivity index (χ3v) is 5.86. The predicted molar refractivity (Wildman–Crippen MR) is 119 cm³/mol. The van der Waals surface area contributed by atoms with Crippen molar-refractivity contribution in [1.82, 2.24) is 0 Å². The molecule has 1 atom stereocenters. The zero-order valence-corrected chi connectivity index (χ0v) is 17.7. The van der Waals surface area contributed by atoms with Crippen LogP contribution in [0.25, 0.3) is 0 Å². The van der Waals surface area contributed by atoms with Gasteiger partial charge in [-0.25, -0.2) is 0 Å². The van der Waals surface area contributed by atoms with E-state index in [2.05, 4.69) is 26.6 Å². The van der Waals surface area contributed by atoms with Crippen LogP contribution in [0.3, 0.4) is 0 Å². The number of benzene rings is 3. The number of hydrogen-bond donors (Lipinski definition) is 2. The zero-order chi connectivity index (χ0) is 20.9. The summed E-state index contributed by atoms with van der Waals surface area (Å²) >= 11 is 3.50. The fourth-order valence-corrected chi connectivity index (χ4v) is 4.44. The number of halogens is 1. The number of nitrogens with zero attached hydrogens (tertiary/aromatic N) is 1. The number of amides is 2. The number of hydrogen-bond acceptors (Lipinski definition) is 4. The average molecular weight is 464 g/mol. The highest BCUT2D eigenvalue weighted by Crippen LogP contribution is 2.48. The summed E-state index contributed by atoms with van der Waals surface area (Å²) in [5, 5.41) is 6.29. The zero-order valence-electron chi connectivity index (χ0n) is 16.1.